The fraction of sp³-hybridized carbons (Fsp3) is 0.421. The van der Waals surface area contributed by atoms with E-state index in [1.165, 1.54) is 16.6 Å². The number of H-pyrrole nitrogens is 1. The Morgan fingerprint density at radius 1 is 1.11 bits per heavy atom. The number of benzene rings is 1. The number of para-hydroxylation sites is 1. The molecule has 9 heteroatoms. The molecule has 2 aliphatic heterocycles. The van der Waals surface area contributed by atoms with Crippen molar-refractivity contribution in [2.24, 2.45) is 0 Å². The van der Waals surface area contributed by atoms with Crippen LogP contribution in [0.5, 0.6) is 0 Å². The number of anilines is 1. The van der Waals surface area contributed by atoms with Gasteiger partial charge in [-0.1, -0.05) is 18.2 Å². The second-order valence-electron chi connectivity index (χ2n) is 7.04. The Kier molecular flexibility index (Phi) is 5.39. The predicted octanol–water partition coefficient (Wildman–Crippen LogP) is 1.84. The minimum atomic E-state index is -3.56. The summed E-state index contributed by atoms with van der Waals surface area (Å²) >= 11 is 1.76. The molecular formula is C19H24N4O3S2. The van der Waals surface area contributed by atoms with Crippen LogP contribution in [-0.4, -0.2) is 73.2 Å². The van der Waals surface area contributed by atoms with E-state index >= 15 is 0 Å². The van der Waals surface area contributed by atoms with Gasteiger partial charge in [0.05, 0.1) is 0 Å². The zero-order valence-electron chi connectivity index (χ0n) is 15.8. The quantitative estimate of drug-likeness (QED) is 0.820. The standard InChI is InChI=1S/C19H24N4O3S2/c1-21-6-7-22(14-15-4-2-3-5-18(15)21)19(24)17-12-16(13-20-17)28(25,26)23-8-10-27-11-9-23/h2-5,12-13,20H,6-11,14H2,1H3. The van der Waals surface area contributed by atoms with Gasteiger partial charge in [0.25, 0.3) is 5.91 Å². The summed E-state index contributed by atoms with van der Waals surface area (Å²) in [5.41, 5.74) is 2.52. The molecule has 0 unspecified atom stereocenters. The first-order chi connectivity index (χ1) is 13.5. The van der Waals surface area contributed by atoms with E-state index in [1.807, 2.05) is 25.2 Å². The molecule has 0 radical (unpaired) electrons. The third-order valence-corrected chi connectivity index (χ3v) is 8.07. The first kappa shape index (κ1) is 19.4. The number of fused-ring (bicyclic) bond motifs is 1. The lowest BCUT2D eigenvalue weighted by atomic mass is 10.1. The van der Waals surface area contributed by atoms with Crippen LogP contribution in [0.1, 0.15) is 16.1 Å². The Balaban J connectivity index is 1.55. The molecule has 0 bridgehead atoms. The van der Waals surface area contributed by atoms with Crippen molar-refractivity contribution in [3.8, 4) is 0 Å². The van der Waals surface area contributed by atoms with Crippen molar-refractivity contribution in [1.82, 2.24) is 14.2 Å². The number of nitrogens with zero attached hydrogens (tertiary/aromatic N) is 3. The maximum Gasteiger partial charge on any atom is 0.270 e. The van der Waals surface area contributed by atoms with Crippen LogP contribution in [0.15, 0.2) is 41.4 Å². The number of carbonyl (C=O) groups excluding carboxylic acids is 1. The summed E-state index contributed by atoms with van der Waals surface area (Å²) < 4.78 is 27.2. The maximum absolute atomic E-state index is 13.0. The van der Waals surface area contributed by atoms with Crippen molar-refractivity contribution < 1.29 is 13.2 Å². The van der Waals surface area contributed by atoms with Crippen LogP contribution >= 0.6 is 11.8 Å². The number of hydrogen-bond donors (Lipinski definition) is 1. The highest BCUT2D eigenvalue weighted by molar-refractivity contribution is 7.99. The van der Waals surface area contributed by atoms with Crippen LogP contribution in [0.4, 0.5) is 5.69 Å². The fourth-order valence-corrected chi connectivity index (χ4v) is 6.19. The highest BCUT2D eigenvalue weighted by atomic mass is 32.2. The van der Waals surface area contributed by atoms with E-state index in [2.05, 4.69) is 16.0 Å². The average molecular weight is 421 g/mol. The summed E-state index contributed by atoms with van der Waals surface area (Å²) in [6.45, 7) is 2.83. The van der Waals surface area contributed by atoms with Gasteiger partial charge in [-0.25, -0.2) is 8.42 Å². The topological polar surface area (TPSA) is 76.7 Å². The Labute approximate surface area is 169 Å². The predicted molar refractivity (Wildman–Crippen MR) is 111 cm³/mol. The minimum absolute atomic E-state index is 0.162. The van der Waals surface area contributed by atoms with E-state index in [1.54, 1.807) is 16.7 Å². The molecule has 0 saturated carbocycles. The Bertz CT molecular complexity index is 967. The van der Waals surface area contributed by atoms with Crippen molar-refractivity contribution >= 4 is 33.4 Å². The number of hydrogen-bond acceptors (Lipinski definition) is 5. The van der Waals surface area contributed by atoms with Crippen LogP contribution in [-0.2, 0) is 16.6 Å². The molecule has 0 spiro atoms. The van der Waals surface area contributed by atoms with Crippen molar-refractivity contribution in [2.75, 3.05) is 49.6 Å². The largest absolute Gasteiger partial charge is 0.373 e. The Hall–Kier alpha value is -1.97. The molecule has 1 N–H and O–H groups in total. The molecular weight excluding hydrogens is 396 g/mol. The van der Waals surface area contributed by atoms with Crippen molar-refractivity contribution in [3.05, 3.63) is 47.8 Å². The first-order valence-corrected chi connectivity index (χ1v) is 11.9. The van der Waals surface area contributed by atoms with Gasteiger partial charge in [-0.3, -0.25) is 4.79 Å². The summed E-state index contributed by atoms with van der Waals surface area (Å²) in [4.78, 5) is 20.0. The summed E-state index contributed by atoms with van der Waals surface area (Å²) in [6.07, 6.45) is 1.43. The molecule has 1 saturated heterocycles. The van der Waals surface area contributed by atoms with E-state index in [9.17, 15) is 13.2 Å². The van der Waals surface area contributed by atoms with Crippen LogP contribution in [0.3, 0.4) is 0 Å². The normalized spacial score (nSPS) is 18.6. The maximum atomic E-state index is 13.0. The van der Waals surface area contributed by atoms with Gasteiger partial charge in [0, 0.05) is 63.2 Å². The number of likely N-dealkylation sites (N-methyl/N-ethyl adjacent to an activating group) is 1. The number of amides is 1. The van der Waals surface area contributed by atoms with Gasteiger partial charge < -0.3 is 14.8 Å². The molecule has 2 aromatic rings. The highest BCUT2D eigenvalue weighted by Gasteiger charge is 2.29. The number of nitrogens with one attached hydrogen (secondary N) is 1. The second-order valence-corrected chi connectivity index (χ2v) is 10.2. The molecule has 0 atom stereocenters. The van der Waals surface area contributed by atoms with Crippen LogP contribution in [0, 0.1) is 0 Å². The minimum Gasteiger partial charge on any atom is -0.373 e. The van der Waals surface area contributed by atoms with Gasteiger partial charge in [-0.15, -0.1) is 0 Å². The zero-order valence-corrected chi connectivity index (χ0v) is 17.4. The van der Waals surface area contributed by atoms with Gasteiger partial charge in [0.2, 0.25) is 10.0 Å². The monoisotopic (exact) mass is 420 g/mol. The third kappa shape index (κ3) is 3.66. The molecule has 7 nitrogen and oxygen atoms in total. The summed E-state index contributed by atoms with van der Waals surface area (Å²) in [6, 6.07) is 9.51. The molecule has 1 aromatic carbocycles. The van der Waals surface area contributed by atoms with Gasteiger partial charge in [0.15, 0.2) is 0 Å². The number of aromatic amines is 1. The van der Waals surface area contributed by atoms with Gasteiger partial charge >= 0.3 is 0 Å². The van der Waals surface area contributed by atoms with Gasteiger partial charge in [0.1, 0.15) is 10.6 Å². The van der Waals surface area contributed by atoms with Crippen molar-refractivity contribution in [1.29, 1.82) is 0 Å². The summed E-state index contributed by atoms with van der Waals surface area (Å²) in [5.74, 6) is 1.42. The molecule has 2 aliphatic rings. The van der Waals surface area contributed by atoms with E-state index in [0.29, 0.717) is 31.9 Å². The Morgan fingerprint density at radius 3 is 2.64 bits per heavy atom. The molecule has 4 rings (SSSR count). The second kappa shape index (κ2) is 7.81. The SMILES string of the molecule is CN1CCN(C(=O)c2cc(S(=O)(=O)N3CCSCC3)c[nH]2)Cc2ccccc21. The number of carbonyl (C=O) groups is 1. The van der Waals surface area contributed by atoms with E-state index in [-0.39, 0.29) is 10.8 Å². The van der Waals surface area contributed by atoms with E-state index < -0.39 is 10.0 Å². The molecule has 28 heavy (non-hydrogen) atoms. The summed E-state index contributed by atoms with van der Waals surface area (Å²) in [5, 5.41) is 0. The van der Waals surface area contributed by atoms with Crippen molar-refractivity contribution in [2.45, 2.75) is 11.4 Å². The van der Waals surface area contributed by atoms with E-state index in [4.69, 9.17) is 0 Å². The molecule has 1 amide bonds. The zero-order chi connectivity index (χ0) is 19.7. The van der Waals surface area contributed by atoms with Gasteiger partial charge in [-0.2, -0.15) is 16.1 Å². The molecule has 1 aromatic heterocycles. The van der Waals surface area contributed by atoms with Gasteiger partial charge in [-0.05, 0) is 17.7 Å². The Morgan fingerprint density at radius 2 is 1.86 bits per heavy atom. The van der Waals surface area contributed by atoms with Crippen LogP contribution in [0.25, 0.3) is 0 Å². The molecule has 1 fully saturated rings. The van der Waals surface area contributed by atoms with Crippen LogP contribution < -0.4 is 4.90 Å². The number of sulfonamides is 1. The average Bonchev–Trinajstić information content (AvgIpc) is 3.16. The molecule has 0 aliphatic carbocycles. The van der Waals surface area contributed by atoms with Crippen LogP contribution in [0.2, 0.25) is 0 Å². The smallest absolute Gasteiger partial charge is 0.270 e. The van der Waals surface area contributed by atoms with Crippen molar-refractivity contribution in [3.63, 3.8) is 0 Å². The fourth-order valence-electron chi connectivity index (χ4n) is 3.62. The lowest BCUT2D eigenvalue weighted by molar-refractivity contribution is 0.0746. The third-order valence-electron chi connectivity index (χ3n) is 5.25. The molecule has 150 valence electrons. The lowest BCUT2D eigenvalue weighted by Crippen LogP contribution is -2.37. The van der Waals surface area contributed by atoms with E-state index in [0.717, 1.165) is 29.3 Å². The number of rotatable bonds is 3. The number of thioether (sulfide) groups is 1. The summed E-state index contributed by atoms with van der Waals surface area (Å²) in [7, 11) is -1.54. The first-order valence-electron chi connectivity index (χ1n) is 9.31. The molecule has 3 heterocycles. The lowest BCUT2D eigenvalue weighted by Gasteiger charge is -2.25. The highest BCUT2D eigenvalue weighted by Crippen LogP contribution is 2.25. The number of aromatic nitrogens is 1.